The van der Waals surface area contributed by atoms with Gasteiger partial charge in [0, 0.05) is 19.5 Å². The van der Waals surface area contributed by atoms with E-state index in [4.69, 9.17) is 0 Å². The molecule has 6 nitrogen and oxygen atoms in total. The number of carbonyl (C=O) groups excluding carboxylic acids is 1. The van der Waals surface area contributed by atoms with Crippen LogP contribution in [0.15, 0.2) is 4.47 Å². The third-order valence-electron chi connectivity index (χ3n) is 3.67. The van der Waals surface area contributed by atoms with Gasteiger partial charge in [-0.15, -0.1) is 0 Å². The van der Waals surface area contributed by atoms with Gasteiger partial charge in [-0.25, -0.2) is 0 Å². The zero-order chi connectivity index (χ0) is 15.1. The maximum atomic E-state index is 12.3. The van der Waals surface area contributed by atoms with Gasteiger partial charge in [-0.05, 0) is 42.6 Å². The summed E-state index contributed by atoms with van der Waals surface area (Å²) in [4.78, 5) is 23.8. The van der Waals surface area contributed by atoms with Crippen LogP contribution in [-0.2, 0) is 23.1 Å². The number of rotatable bonds is 5. The van der Waals surface area contributed by atoms with Crippen molar-refractivity contribution in [3.8, 4) is 0 Å². The first-order valence-electron chi connectivity index (χ1n) is 6.48. The second kappa shape index (κ2) is 5.20. The van der Waals surface area contributed by atoms with Crippen LogP contribution in [0.25, 0.3) is 0 Å². The second-order valence-corrected chi connectivity index (χ2v) is 6.32. The number of nitrogens with one attached hydrogen (secondary N) is 1. The highest BCUT2D eigenvalue weighted by Gasteiger charge is 2.44. The Kier molecular flexibility index (Phi) is 3.90. The molecule has 2 rings (SSSR count). The molecule has 2 N–H and O–H groups in total. The first-order chi connectivity index (χ1) is 9.25. The van der Waals surface area contributed by atoms with E-state index in [1.165, 1.54) is 6.92 Å². The summed E-state index contributed by atoms with van der Waals surface area (Å²) >= 11 is 3.41. The zero-order valence-corrected chi connectivity index (χ0v) is 13.3. The highest BCUT2D eigenvalue weighted by Crippen LogP contribution is 2.30. The maximum Gasteiger partial charge on any atom is 0.319 e. The summed E-state index contributed by atoms with van der Waals surface area (Å²) in [7, 11) is 1.74. The third-order valence-corrected chi connectivity index (χ3v) is 4.70. The number of carboxylic acid groups (broad SMARTS) is 1. The van der Waals surface area contributed by atoms with E-state index in [9.17, 15) is 14.7 Å². The summed E-state index contributed by atoms with van der Waals surface area (Å²) in [5, 5.41) is 16.5. The number of aromatic nitrogens is 2. The quantitative estimate of drug-likeness (QED) is 0.791. The molecule has 1 atom stereocenters. The molecule has 0 bridgehead atoms. The van der Waals surface area contributed by atoms with Crippen LogP contribution in [0.1, 0.15) is 31.2 Å². The maximum absolute atomic E-state index is 12.3. The molecule has 110 valence electrons. The summed E-state index contributed by atoms with van der Waals surface area (Å²) in [6.45, 7) is 3.29. The summed E-state index contributed by atoms with van der Waals surface area (Å²) in [6.07, 6.45) is 1.95. The number of hydrogen-bond acceptors (Lipinski definition) is 3. The lowest BCUT2D eigenvalue weighted by atomic mass is 9.84. The Labute approximate surface area is 125 Å². The minimum absolute atomic E-state index is 0.0960. The lowest BCUT2D eigenvalue weighted by Gasteiger charge is -2.24. The van der Waals surface area contributed by atoms with Crippen LogP contribution in [0.3, 0.4) is 0 Å². The predicted octanol–water partition coefficient (Wildman–Crippen LogP) is 1.40. The molecule has 1 aliphatic rings. The molecule has 1 unspecified atom stereocenters. The molecule has 0 aromatic carbocycles. The van der Waals surface area contributed by atoms with Gasteiger partial charge in [-0.2, -0.15) is 5.10 Å². The number of carbonyl (C=O) groups is 2. The van der Waals surface area contributed by atoms with E-state index in [2.05, 4.69) is 26.3 Å². The molecule has 0 aliphatic heterocycles. The van der Waals surface area contributed by atoms with E-state index in [0.29, 0.717) is 5.69 Å². The van der Waals surface area contributed by atoms with E-state index in [1.54, 1.807) is 11.7 Å². The fourth-order valence-electron chi connectivity index (χ4n) is 2.03. The van der Waals surface area contributed by atoms with Gasteiger partial charge in [0.25, 0.3) is 0 Å². The van der Waals surface area contributed by atoms with Crippen molar-refractivity contribution in [1.29, 1.82) is 0 Å². The van der Waals surface area contributed by atoms with Gasteiger partial charge in [0.05, 0.1) is 15.9 Å². The number of nitrogens with zero attached hydrogens (tertiary/aromatic N) is 2. The van der Waals surface area contributed by atoms with Crippen molar-refractivity contribution in [3.05, 3.63) is 15.9 Å². The molecular formula is C13H18BrN3O3. The molecule has 1 heterocycles. The molecule has 0 spiro atoms. The predicted molar refractivity (Wildman–Crippen MR) is 76.3 cm³/mol. The van der Waals surface area contributed by atoms with Gasteiger partial charge in [0.15, 0.2) is 0 Å². The molecule has 1 saturated carbocycles. The lowest BCUT2D eigenvalue weighted by molar-refractivity contribution is -0.154. The molecule has 1 amide bonds. The van der Waals surface area contributed by atoms with E-state index in [1.807, 2.05) is 6.92 Å². The molecule has 1 aliphatic carbocycles. The van der Waals surface area contributed by atoms with Crippen molar-refractivity contribution in [3.63, 3.8) is 0 Å². The average Bonchev–Trinajstić information content (AvgIpc) is 3.13. The van der Waals surface area contributed by atoms with Gasteiger partial charge in [-0.3, -0.25) is 14.3 Å². The van der Waals surface area contributed by atoms with Crippen LogP contribution in [0.4, 0.5) is 0 Å². The number of aryl methyl sites for hydroxylation is 2. The van der Waals surface area contributed by atoms with Crippen molar-refractivity contribution >= 4 is 27.8 Å². The molecule has 1 fully saturated rings. The van der Waals surface area contributed by atoms with Gasteiger partial charge >= 0.3 is 5.97 Å². The number of carboxylic acids is 1. The van der Waals surface area contributed by atoms with Crippen molar-refractivity contribution in [2.24, 2.45) is 12.5 Å². The summed E-state index contributed by atoms with van der Waals surface area (Å²) in [6, 6.07) is 0.137. The Morgan fingerprint density at radius 1 is 1.55 bits per heavy atom. The molecule has 0 radical (unpaired) electrons. The van der Waals surface area contributed by atoms with E-state index in [0.717, 1.165) is 23.0 Å². The van der Waals surface area contributed by atoms with Crippen molar-refractivity contribution < 1.29 is 14.7 Å². The number of amides is 1. The normalized spacial score (nSPS) is 17.6. The number of hydrogen-bond donors (Lipinski definition) is 2. The van der Waals surface area contributed by atoms with Crippen LogP contribution < -0.4 is 5.32 Å². The average molecular weight is 344 g/mol. The van der Waals surface area contributed by atoms with Crippen LogP contribution in [0.5, 0.6) is 0 Å². The topological polar surface area (TPSA) is 84.2 Å². The van der Waals surface area contributed by atoms with Crippen LogP contribution >= 0.6 is 15.9 Å². The SMILES string of the molecule is Cc1nn(C)c(CC(C)(C(=O)O)C(=O)NC2CC2)c1Br. The third kappa shape index (κ3) is 2.72. The Bertz CT molecular complexity index is 565. The van der Waals surface area contributed by atoms with Crippen molar-refractivity contribution in [2.45, 2.75) is 39.2 Å². The summed E-state index contributed by atoms with van der Waals surface area (Å²) < 4.78 is 2.37. The molecule has 1 aromatic heterocycles. The van der Waals surface area contributed by atoms with E-state index < -0.39 is 17.3 Å². The Balaban J connectivity index is 2.28. The molecule has 1 aromatic rings. The van der Waals surface area contributed by atoms with Crippen molar-refractivity contribution in [1.82, 2.24) is 15.1 Å². The minimum Gasteiger partial charge on any atom is -0.480 e. The molecule has 0 saturated heterocycles. The number of aliphatic carboxylic acids is 1. The lowest BCUT2D eigenvalue weighted by Crippen LogP contribution is -2.47. The molecular weight excluding hydrogens is 326 g/mol. The molecule has 20 heavy (non-hydrogen) atoms. The Morgan fingerprint density at radius 2 is 2.15 bits per heavy atom. The summed E-state index contributed by atoms with van der Waals surface area (Å²) in [5.41, 5.74) is -0.0121. The zero-order valence-electron chi connectivity index (χ0n) is 11.7. The van der Waals surface area contributed by atoms with Gasteiger partial charge < -0.3 is 10.4 Å². The largest absolute Gasteiger partial charge is 0.480 e. The number of halogens is 1. The van der Waals surface area contributed by atoms with E-state index in [-0.39, 0.29) is 12.5 Å². The second-order valence-electron chi connectivity index (χ2n) is 5.53. The van der Waals surface area contributed by atoms with Crippen LogP contribution in [0.2, 0.25) is 0 Å². The fraction of sp³-hybridized carbons (Fsp3) is 0.615. The Morgan fingerprint density at radius 3 is 2.55 bits per heavy atom. The van der Waals surface area contributed by atoms with Crippen LogP contribution in [0, 0.1) is 12.3 Å². The van der Waals surface area contributed by atoms with Gasteiger partial charge in [0.1, 0.15) is 5.41 Å². The first-order valence-corrected chi connectivity index (χ1v) is 7.27. The molecule has 7 heteroatoms. The fourth-order valence-corrected chi connectivity index (χ4v) is 2.51. The summed E-state index contributed by atoms with van der Waals surface area (Å²) in [5.74, 6) is -1.56. The monoisotopic (exact) mass is 343 g/mol. The smallest absolute Gasteiger partial charge is 0.319 e. The van der Waals surface area contributed by atoms with Gasteiger partial charge in [-0.1, -0.05) is 0 Å². The van der Waals surface area contributed by atoms with Gasteiger partial charge in [0.2, 0.25) is 5.91 Å². The minimum atomic E-state index is -1.49. The van der Waals surface area contributed by atoms with E-state index >= 15 is 0 Å². The first kappa shape index (κ1) is 15.0. The van der Waals surface area contributed by atoms with Crippen molar-refractivity contribution in [2.75, 3.05) is 0 Å². The Hall–Kier alpha value is -1.37. The highest BCUT2D eigenvalue weighted by atomic mass is 79.9. The standard InChI is InChI=1S/C13H18BrN3O3/c1-7-10(14)9(17(3)16-7)6-13(2,12(19)20)11(18)15-8-4-5-8/h8H,4-6H2,1-3H3,(H,15,18)(H,19,20). The van der Waals surface area contributed by atoms with Crippen LogP contribution in [-0.4, -0.2) is 32.8 Å². The highest BCUT2D eigenvalue weighted by molar-refractivity contribution is 9.10.